The van der Waals surface area contributed by atoms with Crippen molar-refractivity contribution in [3.63, 3.8) is 0 Å². The number of nitrogens with zero attached hydrogens (tertiary/aromatic N) is 2. The first kappa shape index (κ1) is 11.8. The number of carbonyl (C=O) groups is 1. The van der Waals surface area contributed by atoms with Gasteiger partial charge in [0, 0.05) is 43.3 Å². The SMILES string of the molecule is O=C(CCn1cccn1)Nc1ccc2c(c1)CCN2. The van der Waals surface area contributed by atoms with Gasteiger partial charge in [-0.25, -0.2) is 0 Å². The number of fused-ring (bicyclic) bond motifs is 1. The van der Waals surface area contributed by atoms with E-state index in [1.54, 1.807) is 10.9 Å². The van der Waals surface area contributed by atoms with E-state index in [1.165, 1.54) is 11.3 Å². The van der Waals surface area contributed by atoms with Crippen molar-refractivity contribution < 1.29 is 4.79 Å². The van der Waals surface area contributed by atoms with Crippen LogP contribution >= 0.6 is 0 Å². The average Bonchev–Trinajstić information content (AvgIpc) is 3.07. The van der Waals surface area contributed by atoms with Gasteiger partial charge in [0.15, 0.2) is 0 Å². The summed E-state index contributed by atoms with van der Waals surface area (Å²) in [5.74, 6) is 0.0152. The molecule has 0 aliphatic carbocycles. The minimum absolute atomic E-state index is 0.0152. The van der Waals surface area contributed by atoms with Gasteiger partial charge >= 0.3 is 0 Å². The van der Waals surface area contributed by atoms with Crippen molar-refractivity contribution in [2.24, 2.45) is 0 Å². The zero-order valence-electron chi connectivity index (χ0n) is 10.6. The van der Waals surface area contributed by atoms with Gasteiger partial charge in [0.1, 0.15) is 0 Å². The lowest BCUT2D eigenvalue weighted by Gasteiger charge is -2.07. The molecule has 2 N–H and O–H groups in total. The zero-order chi connectivity index (χ0) is 13.1. The van der Waals surface area contributed by atoms with Crippen LogP contribution in [0.15, 0.2) is 36.7 Å². The number of carbonyl (C=O) groups excluding carboxylic acids is 1. The molecule has 98 valence electrons. The Balaban J connectivity index is 1.57. The first-order valence-corrected chi connectivity index (χ1v) is 6.45. The number of anilines is 2. The van der Waals surface area contributed by atoms with Crippen LogP contribution in [0.3, 0.4) is 0 Å². The quantitative estimate of drug-likeness (QED) is 0.878. The predicted octanol–water partition coefficient (Wildman–Crippen LogP) is 1.88. The van der Waals surface area contributed by atoms with E-state index in [2.05, 4.69) is 15.7 Å². The molecule has 5 nitrogen and oxygen atoms in total. The Bertz CT molecular complexity index is 577. The number of rotatable bonds is 4. The fraction of sp³-hybridized carbons (Fsp3) is 0.286. The lowest BCUT2D eigenvalue weighted by molar-refractivity contribution is -0.116. The summed E-state index contributed by atoms with van der Waals surface area (Å²) in [4.78, 5) is 11.8. The summed E-state index contributed by atoms with van der Waals surface area (Å²) in [5, 5.41) is 10.3. The maximum absolute atomic E-state index is 11.8. The van der Waals surface area contributed by atoms with E-state index in [0.717, 1.165) is 18.7 Å². The molecular formula is C14H16N4O. The van der Waals surface area contributed by atoms with E-state index >= 15 is 0 Å². The highest BCUT2D eigenvalue weighted by Gasteiger charge is 2.11. The van der Waals surface area contributed by atoms with E-state index in [9.17, 15) is 4.79 Å². The molecule has 0 atom stereocenters. The molecule has 0 radical (unpaired) electrons. The highest BCUT2D eigenvalue weighted by Crippen LogP contribution is 2.25. The van der Waals surface area contributed by atoms with Crippen LogP contribution in [0.2, 0.25) is 0 Å². The maximum Gasteiger partial charge on any atom is 0.226 e. The largest absolute Gasteiger partial charge is 0.384 e. The first-order chi connectivity index (χ1) is 9.31. The van der Waals surface area contributed by atoms with Gasteiger partial charge in [-0.3, -0.25) is 9.48 Å². The molecule has 1 aromatic heterocycles. The summed E-state index contributed by atoms with van der Waals surface area (Å²) in [5.41, 5.74) is 3.31. The molecule has 5 heteroatoms. The summed E-state index contributed by atoms with van der Waals surface area (Å²) in [6.07, 6.45) is 5.02. The number of benzene rings is 1. The van der Waals surface area contributed by atoms with Crippen LogP contribution in [0.1, 0.15) is 12.0 Å². The molecule has 0 saturated carbocycles. The predicted molar refractivity (Wildman–Crippen MR) is 74.1 cm³/mol. The van der Waals surface area contributed by atoms with Crippen molar-refractivity contribution in [1.29, 1.82) is 0 Å². The van der Waals surface area contributed by atoms with Crippen LogP contribution in [-0.2, 0) is 17.8 Å². The average molecular weight is 256 g/mol. The van der Waals surface area contributed by atoms with Gasteiger partial charge in [-0.05, 0) is 36.2 Å². The second kappa shape index (κ2) is 5.14. The van der Waals surface area contributed by atoms with Crippen molar-refractivity contribution in [2.75, 3.05) is 17.2 Å². The van der Waals surface area contributed by atoms with Gasteiger partial charge in [-0.2, -0.15) is 5.10 Å². The standard InChI is InChI=1S/C14H16N4O/c19-14(5-9-18-8-1-6-16-18)17-12-2-3-13-11(10-12)4-7-15-13/h1-3,6,8,10,15H,4-5,7,9H2,(H,17,19). The zero-order valence-corrected chi connectivity index (χ0v) is 10.6. The maximum atomic E-state index is 11.8. The van der Waals surface area contributed by atoms with Gasteiger partial charge in [-0.15, -0.1) is 0 Å². The molecule has 2 aromatic rings. The van der Waals surface area contributed by atoms with E-state index in [4.69, 9.17) is 0 Å². The smallest absolute Gasteiger partial charge is 0.226 e. The molecule has 3 rings (SSSR count). The van der Waals surface area contributed by atoms with E-state index in [1.807, 2.05) is 30.5 Å². The molecule has 0 unspecified atom stereocenters. The summed E-state index contributed by atoms with van der Waals surface area (Å²) in [6, 6.07) is 7.85. The van der Waals surface area contributed by atoms with Gasteiger partial charge in [0.05, 0.1) is 0 Å². The van der Waals surface area contributed by atoms with Gasteiger partial charge in [0.25, 0.3) is 0 Å². The van der Waals surface area contributed by atoms with Crippen LogP contribution in [-0.4, -0.2) is 22.2 Å². The minimum atomic E-state index is 0.0152. The van der Waals surface area contributed by atoms with E-state index < -0.39 is 0 Å². The molecular weight excluding hydrogens is 240 g/mol. The number of nitrogens with one attached hydrogen (secondary N) is 2. The third-order valence-electron chi connectivity index (χ3n) is 3.23. The Morgan fingerprint density at radius 1 is 1.47 bits per heavy atom. The van der Waals surface area contributed by atoms with Crippen molar-refractivity contribution in [1.82, 2.24) is 9.78 Å². The molecule has 0 bridgehead atoms. The Labute approximate surface area is 111 Å². The molecule has 0 fully saturated rings. The topological polar surface area (TPSA) is 59.0 Å². The molecule has 0 saturated heterocycles. The lowest BCUT2D eigenvalue weighted by Crippen LogP contribution is -2.14. The molecule has 2 heterocycles. The van der Waals surface area contributed by atoms with Gasteiger partial charge in [0.2, 0.25) is 5.91 Å². The normalized spacial score (nSPS) is 12.8. The summed E-state index contributed by atoms with van der Waals surface area (Å²) < 4.78 is 1.76. The van der Waals surface area contributed by atoms with Crippen LogP contribution in [0.4, 0.5) is 11.4 Å². The number of hydrogen-bond acceptors (Lipinski definition) is 3. The Hall–Kier alpha value is -2.30. The van der Waals surface area contributed by atoms with Crippen LogP contribution in [0.5, 0.6) is 0 Å². The second-order valence-electron chi connectivity index (χ2n) is 4.62. The number of hydrogen-bond donors (Lipinski definition) is 2. The summed E-state index contributed by atoms with van der Waals surface area (Å²) in [6.45, 7) is 1.58. The molecule has 1 aromatic carbocycles. The summed E-state index contributed by atoms with van der Waals surface area (Å²) in [7, 11) is 0. The fourth-order valence-corrected chi connectivity index (χ4v) is 2.25. The van der Waals surface area contributed by atoms with Crippen molar-refractivity contribution in [2.45, 2.75) is 19.4 Å². The highest BCUT2D eigenvalue weighted by molar-refractivity contribution is 5.91. The Kier molecular flexibility index (Phi) is 3.18. The van der Waals surface area contributed by atoms with Crippen molar-refractivity contribution in [3.8, 4) is 0 Å². The van der Waals surface area contributed by atoms with E-state index in [-0.39, 0.29) is 5.91 Å². The molecule has 19 heavy (non-hydrogen) atoms. The monoisotopic (exact) mass is 256 g/mol. The van der Waals surface area contributed by atoms with Crippen LogP contribution < -0.4 is 10.6 Å². The van der Waals surface area contributed by atoms with Crippen molar-refractivity contribution >= 4 is 17.3 Å². The van der Waals surface area contributed by atoms with E-state index in [0.29, 0.717) is 13.0 Å². The third-order valence-corrected chi connectivity index (χ3v) is 3.23. The molecule has 0 spiro atoms. The van der Waals surface area contributed by atoms with Gasteiger partial charge < -0.3 is 10.6 Å². The Morgan fingerprint density at radius 3 is 3.26 bits per heavy atom. The number of amides is 1. The Morgan fingerprint density at radius 2 is 2.42 bits per heavy atom. The van der Waals surface area contributed by atoms with Gasteiger partial charge in [-0.1, -0.05) is 0 Å². The minimum Gasteiger partial charge on any atom is -0.384 e. The second-order valence-corrected chi connectivity index (χ2v) is 4.62. The molecule has 1 aliphatic rings. The van der Waals surface area contributed by atoms with Crippen molar-refractivity contribution in [3.05, 3.63) is 42.2 Å². The third kappa shape index (κ3) is 2.76. The lowest BCUT2D eigenvalue weighted by atomic mass is 10.1. The number of aryl methyl sites for hydroxylation is 1. The molecule has 1 amide bonds. The van der Waals surface area contributed by atoms with Crippen LogP contribution in [0.25, 0.3) is 0 Å². The fourth-order valence-electron chi connectivity index (χ4n) is 2.25. The molecule has 1 aliphatic heterocycles. The van der Waals surface area contributed by atoms with Crippen LogP contribution in [0, 0.1) is 0 Å². The highest BCUT2D eigenvalue weighted by atomic mass is 16.1. The first-order valence-electron chi connectivity index (χ1n) is 6.45. The summed E-state index contributed by atoms with van der Waals surface area (Å²) >= 11 is 0. The number of aromatic nitrogens is 2.